The number of carbonyl (C=O) groups excluding carboxylic acids is 2. The van der Waals surface area contributed by atoms with E-state index in [9.17, 15) is 19.8 Å². The van der Waals surface area contributed by atoms with E-state index < -0.39 is 12.1 Å². The quantitative estimate of drug-likeness (QED) is 0.0320. The maximum absolute atomic E-state index is 12.5. The number of hydrogen-bond acceptors (Lipinski definition) is 5. The first-order valence-electron chi connectivity index (χ1n) is 38.5. The summed E-state index contributed by atoms with van der Waals surface area (Å²) >= 11 is 0. The Morgan fingerprint density at radius 1 is 0.325 bits per heavy atom. The van der Waals surface area contributed by atoms with Gasteiger partial charge in [-0.25, -0.2) is 0 Å². The molecule has 1 amide bonds. The van der Waals surface area contributed by atoms with Crippen molar-refractivity contribution in [3.8, 4) is 0 Å². The third-order valence-electron chi connectivity index (χ3n) is 18.3. The first-order chi connectivity index (χ1) is 41.0. The SMILES string of the molecule is CCCCCCCCCCCC/C=C/C(O)C(CO)NC(=O)CCCCCCCCCCCCCCCCCCCCCCCCCCCCCCCCCCCCCOC(=O)CCCCCCCCCCCCCCCCCCCCC. The second-order valence-corrected chi connectivity index (χ2v) is 26.7. The van der Waals surface area contributed by atoms with E-state index >= 15 is 0 Å². The normalized spacial score (nSPS) is 12.5. The molecule has 0 saturated heterocycles. The minimum atomic E-state index is -0.839. The van der Waals surface area contributed by atoms with Crippen molar-refractivity contribution in [2.75, 3.05) is 13.2 Å². The molecule has 0 aliphatic heterocycles. The minimum absolute atomic E-state index is 0.0282. The number of nitrogens with one attached hydrogen (secondary N) is 1. The van der Waals surface area contributed by atoms with E-state index in [4.69, 9.17) is 4.74 Å². The van der Waals surface area contributed by atoms with Crippen LogP contribution in [0.2, 0.25) is 0 Å². The van der Waals surface area contributed by atoms with Gasteiger partial charge in [-0.3, -0.25) is 9.59 Å². The topological polar surface area (TPSA) is 95.9 Å². The second kappa shape index (κ2) is 73.1. The third-order valence-corrected chi connectivity index (χ3v) is 18.3. The second-order valence-electron chi connectivity index (χ2n) is 26.7. The van der Waals surface area contributed by atoms with Crippen LogP contribution in [-0.4, -0.2) is 47.4 Å². The molecule has 0 spiro atoms. The zero-order valence-corrected chi connectivity index (χ0v) is 56.7. The molecule has 0 bridgehead atoms. The maximum atomic E-state index is 12.5. The van der Waals surface area contributed by atoms with Gasteiger partial charge in [0.05, 0.1) is 25.4 Å². The van der Waals surface area contributed by atoms with Crippen LogP contribution in [-0.2, 0) is 14.3 Å². The van der Waals surface area contributed by atoms with E-state index in [-0.39, 0.29) is 18.5 Å². The van der Waals surface area contributed by atoms with Crippen molar-refractivity contribution in [1.82, 2.24) is 5.32 Å². The molecule has 0 heterocycles. The van der Waals surface area contributed by atoms with Crippen LogP contribution >= 0.6 is 0 Å². The van der Waals surface area contributed by atoms with Crippen LogP contribution in [0.3, 0.4) is 0 Å². The van der Waals surface area contributed by atoms with E-state index in [1.165, 1.54) is 379 Å². The average molecular weight is 1170 g/mol. The summed E-state index contributed by atoms with van der Waals surface area (Å²) in [7, 11) is 0. The number of rotatable bonds is 73. The zero-order valence-electron chi connectivity index (χ0n) is 56.7. The molecule has 83 heavy (non-hydrogen) atoms. The van der Waals surface area contributed by atoms with Gasteiger partial charge in [0.2, 0.25) is 5.91 Å². The molecule has 0 aromatic heterocycles. The molecule has 6 heteroatoms. The van der Waals surface area contributed by atoms with Gasteiger partial charge in [0.1, 0.15) is 0 Å². The van der Waals surface area contributed by atoms with Gasteiger partial charge in [0, 0.05) is 12.8 Å². The first-order valence-corrected chi connectivity index (χ1v) is 38.5. The van der Waals surface area contributed by atoms with Crippen molar-refractivity contribution in [2.24, 2.45) is 0 Å². The Hall–Kier alpha value is -1.40. The highest BCUT2D eigenvalue weighted by Gasteiger charge is 2.18. The molecule has 2 atom stereocenters. The summed E-state index contributed by atoms with van der Waals surface area (Å²) in [5, 5.41) is 23.1. The number of ether oxygens (including phenoxy) is 1. The van der Waals surface area contributed by atoms with Crippen molar-refractivity contribution >= 4 is 11.9 Å². The van der Waals surface area contributed by atoms with Gasteiger partial charge in [-0.05, 0) is 32.1 Å². The van der Waals surface area contributed by atoms with Crippen molar-refractivity contribution < 1.29 is 24.5 Å². The zero-order chi connectivity index (χ0) is 59.9. The van der Waals surface area contributed by atoms with E-state index in [1.54, 1.807) is 6.08 Å². The molecule has 2 unspecified atom stereocenters. The Kier molecular flexibility index (Phi) is 71.8. The largest absolute Gasteiger partial charge is 0.466 e. The lowest BCUT2D eigenvalue weighted by molar-refractivity contribution is -0.143. The van der Waals surface area contributed by atoms with Crippen molar-refractivity contribution in [3.05, 3.63) is 12.2 Å². The van der Waals surface area contributed by atoms with Crippen LogP contribution < -0.4 is 5.32 Å². The van der Waals surface area contributed by atoms with Crippen LogP contribution in [0.15, 0.2) is 12.2 Å². The van der Waals surface area contributed by atoms with Gasteiger partial charge in [-0.15, -0.1) is 0 Å². The molecular formula is C77H151NO5. The monoisotopic (exact) mass is 1170 g/mol. The molecular weight excluding hydrogens is 1020 g/mol. The molecule has 0 fully saturated rings. The average Bonchev–Trinajstić information content (AvgIpc) is 3.48. The van der Waals surface area contributed by atoms with Gasteiger partial charge in [-0.1, -0.05) is 411 Å². The maximum Gasteiger partial charge on any atom is 0.305 e. The van der Waals surface area contributed by atoms with Crippen molar-refractivity contribution in [3.63, 3.8) is 0 Å². The van der Waals surface area contributed by atoms with E-state index in [1.807, 2.05) is 6.08 Å². The fourth-order valence-electron chi connectivity index (χ4n) is 12.5. The summed E-state index contributed by atoms with van der Waals surface area (Å²) in [4.78, 5) is 24.6. The number of aliphatic hydroxyl groups excluding tert-OH is 2. The van der Waals surface area contributed by atoms with Crippen molar-refractivity contribution in [2.45, 2.75) is 456 Å². The van der Waals surface area contributed by atoms with Gasteiger partial charge < -0.3 is 20.3 Å². The number of allylic oxidation sites excluding steroid dienone is 1. The molecule has 0 aliphatic rings. The van der Waals surface area contributed by atoms with Gasteiger partial charge in [0.25, 0.3) is 0 Å². The van der Waals surface area contributed by atoms with Crippen LogP contribution in [0.5, 0.6) is 0 Å². The predicted octanol–water partition coefficient (Wildman–Crippen LogP) is 25.1. The van der Waals surface area contributed by atoms with Gasteiger partial charge >= 0.3 is 5.97 Å². The number of esters is 1. The number of amides is 1. The molecule has 0 radical (unpaired) electrons. The van der Waals surface area contributed by atoms with E-state index in [2.05, 4.69) is 19.2 Å². The molecule has 0 aliphatic carbocycles. The lowest BCUT2D eigenvalue weighted by Crippen LogP contribution is -2.45. The fourth-order valence-corrected chi connectivity index (χ4v) is 12.5. The molecule has 0 saturated carbocycles. The van der Waals surface area contributed by atoms with E-state index in [0.717, 1.165) is 38.5 Å². The summed E-state index contributed by atoms with van der Waals surface area (Å²) in [6, 6.07) is -0.622. The minimum Gasteiger partial charge on any atom is -0.466 e. The Morgan fingerprint density at radius 2 is 0.554 bits per heavy atom. The first kappa shape index (κ1) is 81.6. The summed E-state index contributed by atoms with van der Waals surface area (Å²) in [5.74, 6) is -0.0326. The summed E-state index contributed by atoms with van der Waals surface area (Å²) in [6.07, 6.45) is 92.0. The Balaban J connectivity index is 3.28. The lowest BCUT2D eigenvalue weighted by Gasteiger charge is -2.20. The van der Waals surface area contributed by atoms with Crippen LogP contribution in [0.4, 0.5) is 0 Å². The third kappa shape index (κ3) is 69.6. The van der Waals surface area contributed by atoms with Crippen molar-refractivity contribution in [1.29, 1.82) is 0 Å². The van der Waals surface area contributed by atoms with Gasteiger partial charge in [0.15, 0.2) is 0 Å². The number of carbonyl (C=O) groups is 2. The highest BCUT2D eigenvalue weighted by Crippen LogP contribution is 2.20. The fraction of sp³-hybridized carbons (Fsp3) is 0.948. The Labute approximate surface area is 520 Å². The molecule has 0 rings (SSSR count). The highest BCUT2D eigenvalue weighted by atomic mass is 16.5. The highest BCUT2D eigenvalue weighted by molar-refractivity contribution is 5.76. The molecule has 0 aromatic rings. The smallest absolute Gasteiger partial charge is 0.305 e. The molecule has 3 N–H and O–H groups in total. The predicted molar refractivity (Wildman–Crippen MR) is 366 cm³/mol. The van der Waals surface area contributed by atoms with Crippen LogP contribution in [0, 0.1) is 0 Å². The van der Waals surface area contributed by atoms with Gasteiger partial charge in [-0.2, -0.15) is 0 Å². The summed E-state index contributed by atoms with van der Waals surface area (Å²) < 4.78 is 5.52. The summed E-state index contributed by atoms with van der Waals surface area (Å²) in [5.41, 5.74) is 0. The van der Waals surface area contributed by atoms with Crippen LogP contribution in [0.1, 0.15) is 444 Å². The number of unbranched alkanes of at least 4 members (excludes halogenated alkanes) is 62. The molecule has 494 valence electrons. The Bertz CT molecular complexity index is 1260. The molecule has 6 nitrogen and oxygen atoms in total. The number of aliphatic hydroxyl groups is 2. The number of hydrogen-bond donors (Lipinski definition) is 3. The standard InChI is InChI=1S/C77H151NO5/c1-3-5-7-9-11-13-15-17-18-19-37-41-44-47-51-55-59-63-67-71-77(82)83-72-68-64-60-56-52-48-45-42-39-36-34-32-30-28-26-24-22-20-21-23-25-27-29-31-33-35-38-40-43-46-50-54-58-62-66-70-76(81)78-74(73-79)75(80)69-65-61-57-53-49-16-14-12-10-8-6-4-2/h65,69,74-75,79-80H,3-64,66-68,70-73H2,1-2H3,(H,78,81)/b69-65+. The van der Waals surface area contributed by atoms with E-state index in [0.29, 0.717) is 19.4 Å². The van der Waals surface area contributed by atoms with Crippen LogP contribution in [0.25, 0.3) is 0 Å². The summed E-state index contributed by atoms with van der Waals surface area (Å²) in [6.45, 7) is 4.95. The molecule has 0 aromatic carbocycles. The lowest BCUT2D eigenvalue weighted by atomic mass is 10.0. The Morgan fingerprint density at radius 3 is 0.819 bits per heavy atom.